The quantitative estimate of drug-likeness (QED) is 0.282. The van der Waals surface area contributed by atoms with E-state index in [1.54, 1.807) is 30.4 Å². The molecule has 1 aliphatic heterocycles. The summed E-state index contributed by atoms with van der Waals surface area (Å²) < 4.78 is 14.2. The molecule has 9 nitrogen and oxygen atoms in total. The molecular formula is C26H25ClFN7O2S. The number of fused-ring (bicyclic) bond motifs is 2. The van der Waals surface area contributed by atoms with Gasteiger partial charge in [-0.2, -0.15) is 0 Å². The minimum Gasteiger partial charge on any atom is -0.350 e. The molecule has 2 atom stereocenters. The van der Waals surface area contributed by atoms with E-state index < -0.39 is 18.0 Å². The maximum Gasteiger partial charge on any atom is 0.253 e. The number of nitrogens with zero attached hydrogens (tertiary/aromatic N) is 3. The van der Waals surface area contributed by atoms with Crippen LogP contribution in [0.1, 0.15) is 45.1 Å². The zero-order valence-electron chi connectivity index (χ0n) is 20.4. The summed E-state index contributed by atoms with van der Waals surface area (Å²) in [6.07, 6.45) is 6.99. The average Bonchev–Trinajstić information content (AvgIpc) is 3.13. The van der Waals surface area contributed by atoms with Crippen molar-refractivity contribution in [3.8, 4) is 0 Å². The number of likely N-dealkylation sites (tertiary alicyclic amines) is 1. The van der Waals surface area contributed by atoms with Crippen LogP contribution in [0.5, 0.6) is 0 Å². The number of aryl methyl sites for hydroxylation is 2. The molecule has 38 heavy (non-hydrogen) atoms. The lowest BCUT2D eigenvalue weighted by Crippen LogP contribution is -2.41. The molecule has 1 fully saturated rings. The van der Waals surface area contributed by atoms with Gasteiger partial charge in [-0.1, -0.05) is 17.7 Å². The Balaban J connectivity index is 1.26. The van der Waals surface area contributed by atoms with Crippen LogP contribution in [0.3, 0.4) is 0 Å². The molecule has 4 N–H and O–H groups in total. The first-order valence-electron chi connectivity index (χ1n) is 12.0. The van der Waals surface area contributed by atoms with Crippen LogP contribution in [0.15, 0.2) is 48.9 Å². The molecule has 0 spiro atoms. The van der Waals surface area contributed by atoms with Gasteiger partial charge in [0.15, 0.2) is 10.9 Å². The normalized spacial score (nSPS) is 18.2. The highest BCUT2D eigenvalue weighted by Gasteiger charge is 2.30. The fourth-order valence-electron chi connectivity index (χ4n) is 4.71. The number of rotatable bonds is 5. The second-order valence-corrected chi connectivity index (χ2v) is 10.0. The smallest absolute Gasteiger partial charge is 0.253 e. The number of hydrazine groups is 1. The summed E-state index contributed by atoms with van der Waals surface area (Å²) in [4.78, 5) is 34.7. The van der Waals surface area contributed by atoms with Gasteiger partial charge in [-0.15, -0.1) is 0 Å². The number of likely N-dealkylation sites (N-methyl/N-ethyl adjacent to an activating group) is 1. The summed E-state index contributed by atoms with van der Waals surface area (Å²) in [7, 11) is 1.70. The lowest BCUT2D eigenvalue weighted by molar-refractivity contribution is -0.128. The average molecular weight is 554 g/mol. The second-order valence-electron chi connectivity index (χ2n) is 9.20. The number of amides is 2. The third-order valence-corrected chi connectivity index (χ3v) is 7.25. The first-order chi connectivity index (χ1) is 18.3. The van der Waals surface area contributed by atoms with Gasteiger partial charge < -0.3 is 15.5 Å². The molecule has 3 aromatic rings. The number of thiocarbonyl (C=S) groups is 1. The number of anilines is 1. The summed E-state index contributed by atoms with van der Waals surface area (Å²) in [5.41, 5.74) is 9.78. The summed E-state index contributed by atoms with van der Waals surface area (Å²) in [6.45, 7) is 0.592. The van der Waals surface area contributed by atoms with Gasteiger partial charge in [0.25, 0.3) is 5.91 Å². The molecule has 12 heteroatoms. The fourth-order valence-corrected chi connectivity index (χ4v) is 5.10. The zero-order valence-corrected chi connectivity index (χ0v) is 22.0. The van der Waals surface area contributed by atoms with E-state index in [0.29, 0.717) is 13.0 Å². The molecule has 1 aromatic carbocycles. The van der Waals surface area contributed by atoms with Crippen molar-refractivity contribution in [1.29, 1.82) is 0 Å². The van der Waals surface area contributed by atoms with Gasteiger partial charge >= 0.3 is 0 Å². The molecule has 5 rings (SSSR count). The van der Waals surface area contributed by atoms with Crippen LogP contribution < -0.4 is 21.5 Å². The van der Waals surface area contributed by atoms with Crippen LogP contribution in [0.2, 0.25) is 5.02 Å². The Morgan fingerprint density at radius 2 is 1.92 bits per heavy atom. The van der Waals surface area contributed by atoms with Crippen LogP contribution in [-0.4, -0.2) is 51.4 Å². The van der Waals surface area contributed by atoms with Crippen LogP contribution >= 0.6 is 23.8 Å². The summed E-state index contributed by atoms with van der Waals surface area (Å²) >= 11 is 11.9. The number of carbonyl (C=O) groups is 2. The molecule has 2 aromatic heterocycles. The summed E-state index contributed by atoms with van der Waals surface area (Å²) in [5.74, 6) is -0.641. The maximum atomic E-state index is 14.2. The predicted molar refractivity (Wildman–Crippen MR) is 145 cm³/mol. The predicted octanol–water partition coefficient (Wildman–Crippen LogP) is 2.91. The van der Waals surface area contributed by atoms with Crippen molar-refractivity contribution in [2.75, 3.05) is 19.0 Å². The number of carbonyl (C=O) groups excluding carboxylic acids is 2. The topological polar surface area (TPSA) is 111 Å². The highest BCUT2D eigenvalue weighted by atomic mass is 35.5. The zero-order chi connectivity index (χ0) is 26.8. The standard InChI is InChI=1S/C26H25ClFN7O2S/c1-35-9-7-21(25(35)37)31-24(36)16-10-20(27)23(30-12-16)33-34-26(38)32-22-18-11-17(28)5-4-14(18)2-3-15-6-8-29-13-19(15)22/h4-6,8,10-13,21-22H,2-3,7,9H2,1H3,(H,30,33)(H,31,36)(H2,32,34,38)/t21-,22?/m1/s1. The number of aromatic nitrogens is 2. The number of halogens is 2. The van der Waals surface area contributed by atoms with Gasteiger partial charge in [-0.25, -0.2) is 9.37 Å². The minimum absolute atomic E-state index is 0.127. The van der Waals surface area contributed by atoms with Crippen molar-refractivity contribution < 1.29 is 14.0 Å². The third-order valence-electron chi connectivity index (χ3n) is 6.75. The van der Waals surface area contributed by atoms with Gasteiger partial charge in [0.1, 0.15) is 11.9 Å². The molecule has 3 heterocycles. The largest absolute Gasteiger partial charge is 0.350 e. The number of hydrogen-bond donors (Lipinski definition) is 4. The van der Waals surface area contributed by atoms with Gasteiger partial charge in [0, 0.05) is 37.7 Å². The molecule has 0 radical (unpaired) electrons. The molecular weight excluding hydrogens is 529 g/mol. The SMILES string of the molecule is CN1CC[C@@H](NC(=O)c2cnc(NNC(=S)NC3c4cnccc4CCc4ccc(F)cc43)c(Cl)c2)C1=O. The van der Waals surface area contributed by atoms with Gasteiger partial charge in [-0.05, 0) is 72.4 Å². The van der Waals surface area contributed by atoms with Crippen LogP contribution in [0.25, 0.3) is 0 Å². The Kier molecular flexibility index (Phi) is 7.39. The molecule has 2 amide bonds. The van der Waals surface area contributed by atoms with Crippen molar-refractivity contribution in [3.05, 3.63) is 87.6 Å². The molecule has 1 unspecified atom stereocenters. The Labute approximate surface area is 229 Å². The Morgan fingerprint density at radius 3 is 2.66 bits per heavy atom. The highest BCUT2D eigenvalue weighted by Crippen LogP contribution is 2.32. The number of benzene rings is 1. The van der Waals surface area contributed by atoms with Crippen molar-refractivity contribution in [2.24, 2.45) is 0 Å². The molecule has 2 aliphatic rings. The number of pyridine rings is 2. The van der Waals surface area contributed by atoms with E-state index in [2.05, 4.69) is 31.5 Å². The van der Waals surface area contributed by atoms with Gasteiger partial charge in [-0.3, -0.25) is 25.4 Å². The van der Waals surface area contributed by atoms with E-state index in [4.69, 9.17) is 23.8 Å². The van der Waals surface area contributed by atoms with Crippen molar-refractivity contribution >= 4 is 46.6 Å². The molecule has 1 saturated heterocycles. The second kappa shape index (κ2) is 10.9. The van der Waals surface area contributed by atoms with Gasteiger partial charge in [0.2, 0.25) is 5.91 Å². The van der Waals surface area contributed by atoms with Crippen molar-refractivity contribution in [1.82, 2.24) is 30.9 Å². The monoisotopic (exact) mass is 553 g/mol. The van der Waals surface area contributed by atoms with Gasteiger partial charge in [0.05, 0.1) is 16.6 Å². The van der Waals surface area contributed by atoms with E-state index >= 15 is 0 Å². The van der Waals surface area contributed by atoms with Crippen LogP contribution in [0, 0.1) is 5.82 Å². The lowest BCUT2D eigenvalue weighted by Gasteiger charge is -2.23. The lowest BCUT2D eigenvalue weighted by atomic mass is 9.96. The Hall–Kier alpha value is -3.83. The Morgan fingerprint density at radius 1 is 1.13 bits per heavy atom. The van der Waals surface area contributed by atoms with Crippen molar-refractivity contribution in [3.63, 3.8) is 0 Å². The molecule has 1 aliphatic carbocycles. The first kappa shape index (κ1) is 25.8. The fraction of sp³-hybridized carbons (Fsp3) is 0.269. The Bertz CT molecular complexity index is 1420. The minimum atomic E-state index is -0.558. The van der Waals surface area contributed by atoms with Crippen LogP contribution in [-0.2, 0) is 17.6 Å². The summed E-state index contributed by atoms with van der Waals surface area (Å²) in [5, 5.41) is 6.37. The first-order valence-corrected chi connectivity index (χ1v) is 12.8. The van der Waals surface area contributed by atoms with E-state index in [0.717, 1.165) is 35.1 Å². The van der Waals surface area contributed by atoms with E-state index in [9.17, 15) is 14.0 Å². The number of nitrogens with one attached hydrogen (secondary N) is 4. The highest BCUT2D eigenvalue weighted by molar-refractivity contribution is 7.80. The van der Waals surface area contributed by atoms with E-state index in [1.807, 2.05) is 6.07 Å². The maximum absolute atomic E-state index is 14.2. The van der Waals surface area contributed by atoms with E-state index in [-0.39, 0.29) is 33.2 Å². The molecule has 0 bridgehead atoms. The van der Waals surface area contributed by atoms with Crippen molar-refractivity contribution in [2.45, 2.75) is 31.3 Å². The molecule has 0 saturated carbocycles. The summed E-state index contributed by atoms with van der Waals surface area (Å²) in [6, 6.07) is 7.23. The molecule has 196 valence electrons. The van der Waals surface area contributed by atoms with Crippen LogP contribution in [0.4, 0.5) is 10.2 Å². The third kappa shape index (κ3) is 5.39. The van der Waals surface area contributed by atoms with E-state index in [1.165, 1.54) is 24.4 Å². The number of hydrogen-bond acceptors (Lipinski definition) is 6.